The fourth-order valence-electron chi connectivity index (χ4n) is 4.08. The molecule has 0 radical (unpaired) electrons. The average molecular weight is 389 g/mol. The summed E-state index contributed by atoms with van der Waals surface area (Å²) in [6.07, 6.45) is 3.85. The summed E-state index contributed by atoms with van der Waals surface area (Å²) in [6.45, 7) is 3.61. The second kappa shape index (κ2) is 8.62. The molecule has 0 bridgehead atoms. The van der Waals surface area contributed by atoms with Crippen molar-refractivity contribution in [1.29, 1.82) is 0 Å². The predicted molar refractivity (Wildman–Crippen MR) is 116 cm³/mol. The lowest BCUT2D eigenvalue weighted by Gasteiger charge is -2.30. The van der Waals surface area contributed by atoms with Gasteiger partial charge in [0, 0.05) is 42.9 Å². The maximum absolute atomic E-state index is 13.0. The van der Waals surface area contributed by atoms with E-state index in [2.05, 4.69) is 24.4 Å². The number of nitrogens with zero attached hydrogens (tertiary/aromatic N) is 3. The highest BCUT2D eigenvalue weighted by atomic mass is 16.2. The topological polar surface area (TPSA) is 50.2 Å². The Balaban J connectivity index is 1.61. The van der Waals surface area contributed by atoms with Crippen molar-refractivity contribution in [1.82, 2.24) is 20.0 Å². The number of carbonyl (C=O) groups excluding carboxylic acids is 1. The maximum Gasteiger partial charge on any atom is 0.225 e. The highest BCUT2D eigenvalue weighted by Crippen LogP contribution is 2.26. The lowest BCUT2D eigenvalue weighted by molar-refractivity contribution is -0.135. The third-order valence-electron chi connectivity index (χ3n) is 5.61. The molecule has 3 aromatic rings. The Kier molecular flexibility index (Phi) is 5.76. The lowest BCUT2D eigenvalue weighted by atomic mass is 9.92. The van der Waals surface area contributed by atoms with Crippen molar-refractivity contribution in [3.05, 3.63) is 72.4 Å². The molecule has 5 nitrogen and oxygen atoms in total. The molecular formula is C24H28N4O. The summed E-state index contributed by atoms with van der Waals surface area (Å²) in [7, 11) is 1.91. The van der Waals surface area contributed by atoms with E-state index in [-0.39, 0.29) is 11.8 Å². The van der Waals surface area contributed by atoms with Crippen LogP contribution in [0.1, 0.15) is 25.3 Å². The number of piperidine rings is 1. The van der Waals surface area contributed by atoms with Crippen LogP contribution in [0.4, 0.5) is 0 Å². The van der Waals surface area contributed by atoms with Crippen molar-refractivity contribution in [3.8, 4) is 16.9 Å². The summed E-state index contributed by atoms with van der Waals surface area (Å²) in [5.41, 5.74) is 4.05. The van der Waals surface area contributed by atoms with Gasteiger partial charge < -0.3 is 10.2 Å². The summed E-state index contributed by atoms with van der Waals surface area (Å²) >= 11 is 0. The van der Waals surface area contributed by atoms with Gasteiger partial charge in [-0.05, 0) is 38.4 Å². The fraction of sp³-hybridized carbons (Fsp3) is 0.333. The van der Waals surface area contributed by atoms with Crippen LogP contribution in [0.25, 0.3) is 16.9 Å². The Morgan fingerprint density at radius 3 is 2.52 bits per heavy atom. The van der Waals surface area contributed by atoms with E-state index >= 15 is 0 Å². The predicted octanol–water partition coefficient (Wildman–Crippen LogP) is 3.89. The minimum absolute atomic E-state index is 0.0978. The Labute approximate surface area is 172 Å². The molecule has 2 atom stereocenters. The minimum atomic E-state index is 0.0978. The fourth-order valence-corrected chi connectivity index (χ4v) is 4.08. The number of rotatable bonds is 5. The van der Waals surface area contributed by atoms with Crippen molar-refractivity contribution in [2.45, 2.75) is 32.4 Å². The largest absolute Gasteiger partial charge is 0.341 e. The van der Waals surface area contributed by atoms with Crippen LogP contribution in [-0.4, -0.2) is 40.2 Å². The highest BCUT2D eigenvalue weighted by Gasteiger charge is 2.27. The number of para-hydroxylation sites is 1. The number of benzene rings is 2. The number of amides is 1. The molecule has 0 saturated carbocycles. The molecule has 1 aliphatic heterocycles. The second-order valence-electron chi connectivity index (χ2n) is 7.92. The van der Waals surface area contributed by atoms with Gasteiger partial charge in [0.1, 0.15) is 0 Å². The van der Waals surface area contributed by atoms with E-state index in [1.165, 1.54) is 0 Å². The van der Waals surface area contributed by atoms with Crippen molar-refractivity contribution >= 4 is 5.91 Å². The number of carbonyl (C=O) groups is 1. The summed E-state index contributed by atoms with van der Waals surface area (Å²) in [4.78, 5) is 14.9. The molecule has 0 unspecified atom stereocenters. The summed E-state index contributed by atoms with van der Waals surface area (Å²) in [5, 5.41) is 8.28. The molecule has 1 N–H and O–H groups in total. The molecule has 0 spiro atoms. The first-order valence-electron chi connectivity index (χ1n) is 10.3. The first kappa shape index (κ1) is 19.4. The molecule has 1 fully saturated rings. The Morgan fingerprint density at radius 1 is 1.14 bits per heavy atom. The third kappa shape index (κ3) is 4.40. The smallest absolute Gasteiger partial charge is 0.225 e. The van der Waals surface area contributed by atoms with E-state index in [0.717, 1.165) is 41.9 Å². The van der Waals surface area contributed by atoms with Gasteiger partial charge in [0.15, 0.2) is 0 Å². The van der Waals surface area contributed by atoms with Gasteiger partial charge in [-0.1, -0.05) is 48.5 Å². The first-order valence-corrected chi connectivity index (χ1v) is 10.3. The van der Waals surface area contributed by atoms with Gasteiger partial charge >= 0.3 is 0 Å². The quantitative estimate of drug-likeness (QED) is 0.721. The van der Waals surface area contributed by atoms with Crippen LogP contribution < -0.4 is 5.32 Å². The van der Waals surface area contributed by atoms with Crippen molar-refractivity contribution < 1.29 is 4.79 Å². The van der Waals surface area contributed by atoms with Gasteiger partial charge in [0.05, 0.1) is 11.4 Å². The molecule has 2 heterocycles. The number of aromatic nitrogens is 2. The zero-order valence-electron chi connectivity index (χ0n) is 17.1. The van der Waals surface area contributed by atoms with Gasteiger partial charge in [-0.25, -0.2) is 4.68 Å². The maximum atomic E-state index is 13.0. The van der Waals surface area contributed by atoms with E-state index in [4.69, 9.17) is 5.10 Å². The average Bonchev–Trinajstić information content (AvgIpc) is 3.18. The van der Waals surface area contributed by atoms with Crippen LogP contribution in [0.15, 0.2) is 66.9 Å². The summed E-state index contributed by atoms with van der Waals surface area (Å²) < 4.78 is 1.91. The molecule has 0 aliphatic carbocycles. The monoisotopic (exact) mass is 388 g/mol. The molecule has 1 aliphatic rings. The number of hydrogen-bond acceptors (Lipinski definition) is 3. The zero-order chi connectivity index (χ0) is 20.2. The van der Waals surface area contributed by atoms with Crippen LogP contribution in [0, 0.1) is 5.92 Å². The van der Waals surface area contributed by atoms with Gasteiger partial charge in [0.2, 0.25) is 5.91 Å². The van der Waals surface area contributed by atoms with E-state index in [1.807, 2.05) is 71.4 Å². The Hall–Kier alpha value is -2.92. The lowest BCUT2D eigenvalue weighted by Crippen LogP contribution is -2.42. The van der Waals surface area contributed by atoms with E-state index in [1.54, 1.807) is 0 Å². The molecule has 29 heavy (non-hydrogen) atoms. The van der Waals surface area contributed by atoms with Crippen molar-refractivity contribution in [2.75, 3.05) is 13.6 Å². The highest BCUT2D eigenvalue weighted by molar-refractivity contribution is 5.79. The molecule has 1 aromatic heterocycles. The standard InChI is InChI=1S/C24H28N4O/c1-18-15-20(13-14-25-18)24(29)27(2)16-21-17-28(22-11-7-4-8-12-22)26-23(21)19-9-5-3-6-10-19/h3-12,17-18,20,25H,13-16H2,1-2H3/t18-,20-/m0/s1. The minimum Gasteiger partial charge on any atom is -0.341 e. The van der Waals surface area contributed by atoms with Crippen molar-refractivity contribution in [3.63, 3.8) is 0 Å². The zero-order valence-corrected chi connectivity index (χ0v) is 17.1. The van der Waals surface area contributed by atoms with Crippen molar-refractivity contribution in [2.24, 2.45) is 5.92 Å². The molecule has 2 aromatic carbocycles. The van der Waals surface area contributed by atoms with Gasteiger partial charge in [-0.2, -0.15) is 5.10 Å². The van der Waals surface area contributed by atoms with Crippen LogP contribution >= 0.6 is 0 Å². The summed E-state index contributed by atoms with van der Waals surface area (Å²) in [5.74, 6) is 0.324. The Bertz CT molecular complexity index is 952. The molecule has 1 saturated heterocycles. The Morgan fingerprint density at radius 2 is 1.83 bits per heavy atom. The second-order valence-corrected chi connectivity index (χ2v) is 7.92. The van der Waals surface area contributed by atoms with Gasteiger partial charge in [-0.15, -0.1) is 0 Å². The van der Waals surface area contributed by atoms with Crippen LogP contribution in [0.5, 0.6) is 0 Å². The van der Waals surface area contributed by atoms with E-state index in [9.17, 15) is 4.79 Å². The first-order chi connectivity index (χ1) is 14.1. The number of hydrogen-bond donors (Lipinski definition) is 1. The van der Waals surface area contributed by atoms with E-state index < -0.39 is 0 Å². The van der Waals surface area contributed by atoms with Crippen LogP contribution in [-0.2, 0) is 11.3 Å². The van der Waals surface area contributed by atoms with Gasteiger partial charge in [-0.3, -0.25) is 4.79 Å². The molecule has 1 amide bonds. The normalized spacial score (nSPS) is 19.1. The van der Waals surface area contributed by atoms with Crippen LogP contribution in [0.2, 0.25) is 0 Å². The molecule has 5 heteroatoms. The summed E-state index contributed by atoms with van der Waals surface area (Å²) in [6, 6.07) is 20.7. The van der Waals surface area contributed by atoms with Gasteiger partial charge in [0.25, 0.3) is 0 Å². The van der Waals surface area contributed by atoms with E-state index in [0.29, 0.717) is 12.6 Å². The number of nitrogens with one attached hydrogen (secondary N) is 1. The molecule has 4 rings (SSSR count). The SMILES string of the molecule is C[C@H]1C[C@@H](C(=O)N(C)Cc2cn(-c3ccccc3)nc2-c2ccccc2)CCN1. The molecular weight excluding hydrogens is 360 g/mol. The third-order valence-corrected chi connectivity index (χ3v) is 5.61. The molecule has 150 valence electrons. The van der Waals surface area contributed by atoms with Crippen LogP contribution in [0.3, 0.4) is 0 Å².